The van der Waals surface area contributed by atoms with Gasteiger partial charge in [0, 0.05) is 13.2 Å². The quantitative estimate of drug-likeness (QED) is 0.828. The van der Waals surface area contributed by atoms with E-state index in [9.17, 15) is 0 Å². The lowest BCUT2D eigenvalue weighted by Gasteiger charge is -2.40. The number of rotatable bonds is 2. The van der Waals surface area contributed by atoms with Crippen molar-refractivity contribution >= 4 is 12.4 Å². The summed E-state index contributed by atoms with van der Waals surface area (Å²) in [5.41, 5.74) is 3.78. The van der Waals surface area contributed by atoms with Crippen LogP contribution in [-0.2, 0) is 16.6 Å². The highest BCUT2D eigenvalue weighted by Gasteiger charge is 2.41. The van der Waals surface area contributed by atoms with Crippen LogP contribution in [-0.4, -0.2) is 37.2 Å². The molecule has 1 unspecified atom stereocenters. The molecule has 116 valence electrons. The number of hydrogen-bond donors (Lipinski definition) is 0. The Morgan fingerprint density at radius 1 is 1.14 bits per heavy atom. The summed E-state index contributed by atoms with van der Waals surface area (Å²) in [5.74, 6) is 0. The topological polar surface area (TPSA) is 12.5 Å². The van der Waals surface area contributed by atoms with Crippen molar-refractivity contribution in [3.8, 4) is 0 Å². The second-order valence-corrected chi connectivity index (χ2v) is 6.87. The van der Waals surface area contributed by atoms with Crippen molar-refractivity contribution in [2.75, 3.05) is 26.2 Å². The molecular weight excluding hydrogens is 282 g/mol. The number of nitrogens with zero attached hydrogens (tertiary/aromatic N) is 1. The van der Waals surface area contributed by atoms with Crippen LogP contribution in [0.25, 0.3) is 0 Å². The van der Waals surface area contributed by atoms with E-state index < -0.39 is 0 Å². The third kappa shape index (κ3) is 2.86. The van der Waals surface area contributed by atoms with Gasteiger partial charge in [0.15, 0.2) is 0 Å². The van der Waals surface area contributed by atoms with Crippen molar-refractivity contribution < 1.29 is 4.74 Å². The summed E-state index contributed by atoms with van der Waals surface area (Å²) in [6.45, 7) is 4.66. The molecule has 3 heteroatoms. The fourth-order valence-electron chi connectivity index (χ4n) is 4.52. The molecule has 21 heavy (non-hydrogen) atoms. The minimum Gasteiger partial charge on any atom is -0.377 e. The van der Waals surface area contributed by atoms with Crippen molar-refractivity contribution in [2.24, 2.45) is 0 Å². The number of hydrogen-bond acceptors (Lipinski definition) is 2. The van der Waals surface area contributed by atoms with E-state index in [0.29, 0.717) is 11.5 Å². The van der Waals surface area contributed by atoms with Gasteiger partial charge in [0.05, 0.1) is 6.10 Å². The summed E-state index contributed by atoms with van der Waals surface area (Å²) in [6, 6.07) is 9.15. The molecule has 1 atom stereocenters. The first-order valence-corrected chi connectivity index (χ1v) is 8.28. The van der Waals surface area contributed by atoms with E-state index in [0.717, 1.165) is 13.2 Å². The van der Waals surface area contributed by atoms with Crippen LogP contribution in [0.4, 0.5) is 0 Å². The number of benzene rings is 1. The molecule has 0 radical (unpaired) electrons. The first-order chi connectivity index (χ1) is 9.86. The zero-order valence-electron chi connectivity index (χ0n) is 12.7. The van der Waals surface area contributed by atoms with Crippen LogP contribution < -0.4 is 0 Å². The van der Waals surface area contributed by atoms with Gasteiger partial charge in [-0.1, -0.05) is 24.3 Å². The molecule has 1 aliphatic carbocycles. The van der Waals surface area contributed by atoms with Crippen LogP contribution in [0.2, 0.25) is 0 Å². The third-order valence-corrected chi connectivity index (χ3v) is 5.76. The molecule has 0 bridgehead atoms. The molecule has 2 saturated heterocycles. The maximum atomic E-state index is 5.79. The maximum Gasteiger partial charge on any atom is 0.0702 e. The van der Waals surface area contributed by atoms with E-state index in [4.69, 9.17) is 4.74 Å². The van der Waals surface area contributed by atoms with Crippen LogP contribution in [0.5, 0.6) is 0 Å². The normalized spacial score (nSPS) is 27.5. The first-order valence-electron chi connectivity index (χ1n) is 8.28. The molecule has 4 rings (SSSR count). The van der Waals surface area contributed by atoms with Gasteiger partial charge in [0.25, 0.3) is 0 Å². The van der Waals surface area contributed by atoms with E-state index in [1.807, 2.05) is 0 Å². The number of aryl methyl sites for hydroxylation is 1. The van der Waals surface area contributed by atoms with Gasteiger partial charge in [-0.15, -0.1) is 12.4 Å². The van der Waals surface area contributed by atoms with Gasteiger partial charge in [-0.3, -0.25) is 0 Å². The van der Waals surface area contributed by atoms with Gasteiger partial charge in [-0.2, -0.15) is 0 Å². The summed E-state index contributed by atoms with van der Waals surface area (Å²) >= 11 is 0. The fourth-order valence-corrected chi connectivity index (χ4v) is 4.52. The third-order valence-electron chi connectivity index (χ3n) is 5.76. The Labute approximate surface area is 134 Å². The van der Waals surface area contributed by atoms with Gasteiger partial charge >= 0.3 is 0 Å². The Bertz CT molecular complexity index is 476. The van der Waals surface area contributed by atoms with Gasteiger partial charge in [0.2, 0.25) is 0 Å². The molecule has 1 aromatic carbocycles. The Morgan fingerprint density at radius 3 is 2.71 bits per heavy atom. The standard InChI is InChI=1S/C18H25NO.ClH/c1-2-6-17-15(4-1)7-8-18(17)9-11-19(12-10-18)14-16-5-3-13-20-16;/h1-2,4,6,16H,3,5,7-14H2;1H. The second kappa shape index (κ2) is 6.28. The van der Waals surface area contributed by atoms with Gasteiger partial charge < -0.3 is 9.64 Å². The molecule has 2 nitrogen and oxygen atoms in total. The van der Waals surface area contributed by atoms with Crippen molar-refractivity contribution in [3.05, 3.63) is 35.4 Å². The molecular formula is C18H26ClNO. The van der Waals surface area contributed by atoms with E-state index in [-0.39, 0.29) is 12.4 Å². The highest BCUT2D eigenvalue weighted by Crippen LogP contribution is 2.46. The average molecular weight is 308 g/mol. The molecule has 2 heterocycles. The lowest BCUT2D eigenvalue weighted by atomic mass is 9.74. The molecule has 0 amide bonds. The Morgan fingerprint density at radius 2 is 1.95 bits per heavy atom. The smallest absolute Gasteiger partial charge is 0.0702 e. The predicted molar refractivity (Wildman–Crippen MR) is 88.3 cm³/mol. The Hall–Kier alpha value is -0.570. The van der Waals surface area contributed by atoms with Gasteiger partial charge in [-0.05, 0) is 68.2 Å². The molecule has 2 fully saturated rings. The molecule has 0 saturated carbocycles. The average Bonchev–Trinajstić information content (AvgIpc) is 3.11. The first kappa shape index (κ1) is 15.3. The number of likely N-dealkylation sites (tertiary alicyclic amines) is 1. The minimum atomic E-state index is 0. The Kier molecular flexibility index (Phi) is 4.58. The van der Waals surface area contributed by atoms with Crippen LogP contribution >= 0.6 is 12.4 Å². The lowest BCUT2D eigenvalue weighted by molar-refractivity contribution is 0.0551. The fraction of sp³-hybridized carbons (Fsp3) is 0.667. The molecule has 3 aliphatic rings. The monoisotopic (exact) mass is 307 g/mol. The number of fused-ring (bicyclic) bond motifs is 2. The SMILES string of the molecule is Cl.c1ccc2c(c1)CCC21CCN(CC2CCCO2)CC1. The molecule has 0 N–H and O–H groups in total. The summed E-state index contributed by atoms with van der Waals surface area (Å²) < 4.78 is 5.79. The zero-order chi connectivity index (χ0) is 13.4. The van der Waals surface area contributed by atoms with Gasteiger partial charge in [0.1, 0.15) is 0 Å². The summed E-state index contributed by atoms with van der Waals surface area (Å²) in [6.07, 6.45) is 8.40. The van der Waals surface area contributed by atoms with E-state index >= 15 is 0 Å². The minimum absolute atomic E-state index is 0. The van der Waals surface area contributed by atoms with E-state index in [1.54, 1.807) is 11.1 Å². The van der Waals surface area contributed by atoms with E-state index in [2.05, 4.69) is 29.2 Å². The van der Waals surface area contributed by atoms with Crippen molar-refractivity contribution in [2.45, 2.75) is 50.0 Å². The van der Waals surface area contributed by atoms with Crippen LogP contribution in [0.1, 0.15) is 43.2 Å². The van der Waals surface area contributed by atoms with Crippen molar-refractivity contribution in [3.63, 3.8) is 0 Å². The molecule has 1 spiro atoms. The second-order valence-electron chi connectivity index (χ2n) is 6.87. The maximum absolute atomic E-state index is 5.79. The lowest BCUT2D eigenvalue weighted by Crippen LogP contribution is -2.44. The zero-order valence-corrected chi connectivity index (χ0v) is 13.5. The van der Waals surface area contributed by atoms with E-state index in [1.165, 1.54) is 51.6 Å². The van der Waals surface area contributed by atoms with Crippen molar-refractivity contribution in [1.82, 2.24) is 4.90 Å². The molecule has 1 aromatic rings. The molecule has 0 aromatic heterocycles. The highest BCUT2D eigenvalue weighted by atomic mass is 35.5. The molecule has 2 aliphatic heterocycles. The number of ether oxygens (including phenoxy) is 1. The van der Waals surface area contributed by atoms with Crippen LogP contribution in [0.15, 0.2) is 24.3 Å². The summed E-state index contributed by atoms with van der Waals surface area (Å²) in [4.78, 5) is 2.64. The Balaban J connectivity index is 0.00000132. The largest absolute Gasteiger partial charge is 0.377 e. The van der Waals surface area contributed by atoms with Crippen LogP contribution in [0, 0.1) is 0 Å². The van der Waals surface area contributed by atoms with Gasteiger partial charge in [-0.25, -0.2) is 0 Å². The number of piperidine rings is 1. The summed E-state index contributed by atoms with van der Waals surface area (Å²) in [7, 11) is 0. The summed E-state index contributed by atoms with van der Waals surface area (Å²) in [5, 5.41) is 0. The highest BCUT2D eigenvalue weighted by molar-refractivity contribution is 5.85. The van der Waals surface area contributed by atoms with Crippen LogP contribution in [0.3, 0.4) is 0 Å². The number of halogens is 1. The van der Waals surface area contributed by atoms with Crippen molar-refractivity contribution in [1.29, 1.82) is 0 Å². The predicted octanol–water partition coefficient (Wildman–Crippen LogP) is 3.57.